The van der Waals surface area contributed by atoms with E-state index in [4.69, 9.17) is 5.73 Å². The lowest BCUT2D eigenvalue weighted by molar-refractivity contribution is 0.163. The second kappa shape index (κ2) is 4.62. The van der Waals surface area contributed by atoms with Gasteiger partial charge in [-0.1, -0.05) is 42.8 Å². The molecule has 0 bridgehead atoms. The molecule has 1 aliphatic rings. The Labute approximate surface area is 108 Å². The van der Waals surface area contributed by atoms with E-state index in [2.05, 4.69) is 47.8 Å². The van der Waals surface area contributed by atoms with Crippen LogP contribution in [0.5, 0.6) is 0 Å². The number of fused-ring (bicyclic) bond motifs is 1. The summed E-state index contributed by atoms with van der Waals surface area (Å²) in [5.41, 5.74) is 7.48. The molecule has 0 aromatic heterocycles. The third-order valence-electron chi connectivity index (χ3n) is 4.29. The van der Waals surface area contributed by atoms with Crippen LogP contribution in [0.3, 0.4) is 0 Å². The van der Waals surface area contributed by atoms with Crippen LogP contribution in [-0.2, 0) is 0 Å². The molecule has 0 heterocycles. The molecule has 0 saturated heterocycles. The molecule has 94 valence electrons. The summed E-state index contributed by atoms with van der Waals surface area (Å²) in [5, 5.41) is 6.19. The topological polar surface area (TPSA) is 38.0 Å². The van der Waals surface area contributed by atoms with Gasteiger partial charge >= 0.3 is 0 Å². The minimum absolute atomic E-state index is 0.344. The molecule has 2 heteroatoms. The molecular formula is C16H20N2. The molecule has 3 rings (SSSR count). The standard InChI is InChI=1S/C16H20N2/c17-11-16(9-4-10-16)12-18-15-8-3-6-13-5-1-2-7-14(13)15/h1-3,5-8,18H,4,9-12,17H2. The first-order valence-corrected chi connectivity index (χ1v) is 6.75. The second-order valence-electron chi connectivity index (χ2n) is 5.44. The monoisotopic (exact) mass is 240 g/mol. The van der Waals surface area contributed by atoms with Crippen LogP contribution in [0.1, 0.15) is 19.3 Å². The highest BCUT2D eigenvalue weighted by Gasteiger charge is 2.35. The third kappa shape index (κ3) is 1.97. The van der Waals surface area contributed by atoms with Crippen molar-refractivity contribution in [3.8, 4) is 0 Å². The maximum Gasteiger partial charge on any atom is 0.0420 e. The minimum Gasteiger partial charge on any atom is -0.384 e. The highest BCUT2D eigenvalue weighted by molar-refractivity contribution is 5.93. The van der Waals surface area contributed by atoms with Crippen LogP contribution in [0.4, 0.5) is 5.69 Å². The SMILES string of the molecule is NCC1(CNc2cccc3ccccc23)CCC1. The van der Waals surface area contributed by atoms with Gasteiger partial charge in [0.15, 0.2) is 0 Å². The summed E-state index contributed by atoms with van der Waals surface area (Å²) in [6.07, 6.45) is 3.86. The molecule has 18 heavy (non-hydrogen) atoms. The number of nitrogens with two attached hydrogens (primary N) is 1. The minimum atomic E-state index is 0.344. The Balaban J connectivity index is 1.82. The molecule has 1 aliphatic carbocycles. The normalized spacial score (nSPS) is 17.4. The molecule has 1 saturated carbocycles. The van der Waals surface area contributed by atoms with Crippen LogP contribution < -0.4 is 11.1 Å². The lowest BCUT2D eigenvalue weighted by Crippen LogP contribution is -2.42. The Bertz CT molecular complexity index is 533. The summed E-state index contributed by atoms with van der Waals surface area (Å²) in [6, 6.07) is 14.9. The van der Waals surface area contributed by atoms with E-state index in [9.17, 15) is 0 Å². The van der Waals surface area contributed by atoms with E-state index in [0.29, 0.717) is 5.41 Å². The molecule has 0 spiro atoms. The number of anilines is 1. The quantitative estimate of drug-likeness (QED) is 0.859. The van der Waals surface area contributed by atoms with Crippen molar-refractivity contribution in [3.63, 3.8) is 0 Å². The molecule has 0 atom stereocenters. The van der Waals surface area contributed by atoms with Gasteiger partial charge in [-0.25, -0.2) is 0 Å². The van der Waals surface area contributed by atoms with Crippen LogP contribution in [0.15, 0.2) is 42.5 Å². The van der Waals surface area contributed by atoms with Gasteiger partial charge in [0.25, 0.3) is 0 Å². The Morgan fingerprint density at radius 3 is 2.56 bits per heavy atom. The van der Waals surface area contributed by atoms with Crippen molar-refractivity contribution in [2.75, 3.05) is 18.4 Å². The molecular weight excluding hydrogens is 220 g/mol. The van der Waals surface area contributed by atoms with Crippen molar-refractivity contribution in [2.24, 2.45) is 11.1 Å². The Kier molecular flexibility index (Phi) is 2.96. The van der Waals surface area contributed by atoms with Gasteiger partial charge < -0.3 is 11.1 Å². The summed E-state index contributed by atoms with van der Waals surface area (Å²) in [4.78, 5) is 0. The molecule has 2 nitrogen and oxygen atoms in total. The van der Waals surface area contributed by atoms with Crippen LogP contribution in [0.25, 0.3) is 10.8 Å². The van der Waals surface area contributed by atoms with Gasteiger partial charge in [0.05, 0.1) is 0 Å². The van der Waals surface area contributed by atoms with Gasteiger partial charge in [0.2, 0.25) is 0 Å². The van der Waals surface area contributed by atoms with E-state index in [-0.39, 0.29) is 0 Å². The fourth-order valence-electron chi connectivity index (χ4n) is 2.79. The van der Waals surface area contributed by atoms with E-state index in [0.717, 1.165) is 13.1 Å². The van der Waals surface area contributed by atoms with Gasteiger partial charge in [-0.3, -0.25) is 0 Å². The molecule has 0 unspecified atom stereocenters. The molecule has 0 aliphatic heterocycles. The summed E-state index contributed by atoms with van der Waals surface area (Å²) in [6.45, 7) is 1.79. The van der Waals surface area contributed by atoms with E-state index in [1.54, 1.807) is 0 Å². The van der Waals surface area contributed by atoms with Gasteiger partial charge in [-0.15, -0.1) is 0 Å². The van der Waals surface area contributed by atoms with E-state index in [1.165, 1.54) is 35.7 Å². The van der Waals surface area contributed by atoms with Crippen molar-refractivity contribution < 1.29 is 0 Å². The Morgan fingerprint density at radius 2 is 1.83 bits per heavy atom. The van der Waals surface area contributed by atoms with Gasteiger partial charge in [0, 0.05) is 17.6 Å². The number of nitrogens with one attached hydrogen (secondary N) is 1. The van der Waals surface area contributed by atoms with Crippen molar-refractivity contribution in [3.05, 3.63) is 42.5 Å². The zero-order valence-corrected chi connectivity index (χ0v) is 10.7. The molecule has 0 radical (unpaired) electrons. The molecule has 1 fully saturated rings. The summed E-state index contributed by atoms with van der Waals surface area (Å²) >= 11 is 0. The van der Waals surface area contributed by atoms with E-state index >= 15 is 0 Å². The average molecular weight is 240 g/mol. The average Bonchev–Trinajstić information content (AvgIpc) is 2.38. The predicted octanol–water partition coefficient (Wildman–Crippen LogP) is 3.38. The lowest BCUT2D eigenvalue weighted by atomic mass is 9.69. The smallest absolute Gasteiger partial charge is 0.0420 e. The van der Waals surface area contributed by atoms with Crippen LogP contribution in [0.2, 0.25) is 0 Å². The van der Waals surface area contributed by atoms with Crippen molar-refractivity contribution in [1.29, 1.82) is 0 Å². The van der Waals surface area contributed by atoms with Crippen LogP contribution in [0, 0.1) is 5.41 Å². The van der Waals surface area contributed by atoms with Crippen molar-refractivity contribution >= 4 is 16.5 Å². The van der Waals surface area contributed by atoms with Gasteiger partial charge in [-0.2, -0.15) is 0 Å². The maximum absolute atomic E-state index is 5.91. The van der Waals surface area contributed by atoms with Crippen LogP contribution in [-0.4, -0.2) is 13.1 Å². The Morgan fingerprint density at radius 1 is 1.06 bits per heavy atom. The molecule has 2 aromatic carbocycles. The van der Waals surface area contributed by atoms with E-state index in [1.807, 2.05) is 0 Å². The zero-order valence-electron chi connectivity index (χ0n) is 10.7. The van der Waals surface area contributed by atoms with Gasteiger partial charge in [0.1, 0.15) is 0 Å². The summed E-state index contributed by atoms with van der Waals surface area (Å²) in [7, 11) is 0. The number of benzene rings is 2. The first-order valence-electron chi connectivity index (χ1n) is 6.75. The molecule has 0 amide bonds. The number of rotatable bonds is 4. The fraction of sp³-hybridized carbons (Fsp3) is 0.375. The third-order valence-corrected chi connectivity index (χ3v) is 4.29. The second-order valence-corrected chi connectivity index (χ2v) is 5.44. The van der Waals surface area contributed by atoms with Gasteiger partial charge in [-0.05, 0) is 36.3 Å². The van der Waals surface area contributed by atoms with Crippen molar-refractivity contribution in [1.82, 2.24) is 0 Å². The molecule has 3 N–H and O–H groups in total. The summed E-state index contributed by atoms with van der Waals surface area (Å²) in [5.74, 6) is 0. The fourth-order valence-corrected chi connectivity index (χ4v) is 2.79. The number of hydrogen-bond acceptors (Lipinski definition) is 2. The van der Waals surface area contributed by atoms with Crippen LogP contribution >= 0.6 is 0 Å². The zero-order chi connectivity index (χ0) is 12.4. The predicted molar refractivity (Wildman–Crippen MR) is 77.8 cm³/mol. The number of hydrogen-bond donors (Lipinski definition) is 2. The first-order chi connectivity index (χ1) is 8.83. The Hall–Kier alpha value is -1.54. The van der Waals surface area contributed by atoms with Crippen molar-refractivity contribution in [2.45, 2.75) is 19.3 Å². The maximum atomic E-state index is 5.91. The van der Waals surface area contributed by atoms with E-state index < -0.39 is 0 Å². The molecule has 2 aromatic rings. The largest absolute Gasteiger partial charge is 0.384 e. The summed E-state index contributed by atoms with van der Waals surface area (Å²) < 4.78 is 0. The highest BCUT2D eigenvalue weighted by Crippen LogP contribution is 2.40. The first kappa shape index (κ1) is 11.5. The lowest BCUT2D eigenvalue weighted by Gasteiger charge is -2.41. The highest BCUT2D eigenvalue weighted by atomic mass is 14.9.